The van der Waals surface area contributed by atoms with Crippen molar-refractivity contribution in [3.63, 3.8) is 0 Å². The van der Waals surface area contributed by atoms with Crippen LogP contribution in [0.5, 0.6) is 0 Å². The average Bonchev–Trinajstić information content (AvgIpc) is 2.67. The number of carbonyl (C=O) groups excluding carboxylic acids is 1. The third-order valence-electron chi connectivity index (χ3n) is 2.82. The molecule has 0 aliphatic carbocycles. The number of nitrogens with two attached hydrogens (primary N) is 1. The Bertz CT molecular complexity index is 672. The SMILES string of the molecule is [N-]=[N+]=NCC1CC(=O)N(c2c(N)[nH]c(=S)[nH]c2=O)C1. The van der Waals surface area contributed by atoms with Crippen molar-refractivity contribution in [1.29, 1.82) is 0 Å². The number of azide groups is 1. The first-order valence-electron chi connectivity index (χ1n) is 5.46. The minimum atomic E-state index is -0.515. The van der Waals surface area contributed by atoms with E-state index in [2.05, 4.69) is 20.0 Å². The number of aromatic amines is 2. The summed E-state index contributed by atoms with van der Waals surface area (Å²) >= 11 is 4.78. The Morgan fingerprint density at radius 2 is 2.26 bits per heavy atom. The van der Waals surface area contributed by atoms with Crippen LogP contribution in [0.4, 0.5) is 11.5 Å². The highest BCUT2D eigenvalue weighted by atomic mass is 32.1. The zero-order valence-corrected chi connectivity index (χ0v) is 10.6. The third kappa shape index (κ3) is 2.59. The van der Waals surface area contributed by atoms with E-state index in [-0.39, 0.29) is 47.6 Å². The Balaban J connectivity index is 2.33. The molecule has 9 nitrogen and oxygen atoms in total. The topological polar surface area (TPSA) is 144 Å². The maximum absolute atomic E-state index is 11.9. The Labute approximate surface area is 112 Å². The standard InChI is InChI=1S/C9H11N7O2S/c10-7-6(8(18)14-9(19)13-7)16-3-4(1-5(16)17)2-12-15-11/h4H,1-3H2,(H4,10,13,14,18,19). The van der Waals surface area contributed by atoms with Gasteiger partial charge < -0.3 is 15.6 Å². The van der Waals surface area contributed by atoms with Crippen LogP contribution in [0.2, 0.25) is 0 Å². The van der Waals surface area contributed by atoms with Crippen LogP contribution in [0.1, 0.15) is 6.42 Å². The quantitative estimate of drug-likeness (QED) is 0.324. The van der Waals surface area contributed by atoms with Crippen LogP contribution in [0.15, 0.2) is 9.91 Å². The van der Waals surface area contributed by atoms with Crippen LogP contribution < -0.4 is 16.2 Å². The van der Waals surface area contributed by atoms with Crippen molar-refractivity contribution < 1.29 is 4.79 Å². The van der Waals surface area contributed by atoms with Crippen LogP contribution in [0.3, 0.4) is 0 Å². The van der Waals surface area contributed by atoms with Gasteiger partial charge >= 0.3 is 0 Å². The zero-order chi connectivity index (χ0) is 14.0. The van der Waals surface area contributed by atoms with Gasteiger partial charge in [-0.2, -0.15) is 0 Å². The van der Waals surface area contributed by atoms with Crippen molar-refractivity contribution in [2.45, 2.75) is 6.42 Å². The monoisotopic (exact) mass is 281 g/mol. The first kappa shape index (κ1) is 13.1. The molecule has 4 N–H and O–H groups in total. The maximum atomic E-state index is 11.9. The van der Waals surface area contributed by atoms with Crippen molar-refractivity contribution in [3.05, 3.63) is 25.6 Å². The fourth-order valence-electron chi connectivity index (χ4n) is 2.04. The van der Waals surface area contributed by atoms with E-state index in [0.29, 0.717) is 0 Å². The minimum Gasteiger partial charge on any atom is -0.383 e. The molecule has 10 heteroatoms. The molecule has 0 aromatic carbocycles. The van der Waals surface area contributed by atoms with E-state index in [1.165, 1.54) is 4.90 Å². The molecule has 0 saturated carbocycles. The maximum Gasteiger partial charge on any atom is 0.277 e. The zero-order valence-electron chi connectivity index (χ0n) is 9.79. The van der Waals surface area contributed by atoms with Gasteiger partial charge in [0.05, 0.1) is 0 Å². The molecular weight excluding hydrogens is 270 g/mol. The summed E-state index contributed by atoms with van der Waals surface area (Å²) in [5.74, 6) is -0.308. The van der Waals surface area contributed by atoms with Gasteiger partial charge in [-0.1, -0.05) is 5.11 Å². The second kappa shape index (κ2) is 5.12. The van der Waals surface area contributed by atoms with Gasteiger partial charge in [0.25, 0.3) is 5.56 Å². The molecule has 1 aliphatic heterocycles. The summed E-state index contributed by atoms with van der Waals surface area (Å²) in [5.41, 5.74) is 13.5. The average molecular weight is 281 g/mol. The van der Waals surface area contributed by atoms with Crippen LogP contribution in [0.25, 0.3) is 10.4 Å². The molecule has 2 heterocycles. The summed E-state index contributed by atoms with van der Waals surface area (Å²) in [6.07, 6.45) is 0.216. The first-order valence-corrected chi connectivity index (χ1v) is 5.87. The molecule has 1 atom stereocenters. The molecule has 1 aromatic heterocycles. The third-order valence-corrected chi connectivity index (χ3v) is 3.03. The Morgan fingerprint density at radius 1 is 1.53 bits per heavy atom. The molecular formula is C9H11N7O2S. The lowest BCUT2D eigenvalue weighted by Gasteiger charge is -2.16. The highest BCUT2D eigenvalue weighted by molar-refractivity contribution is 7.71. The van der Waals surface area contributed by atoms with Crippen LogP contribution in [-0.2, 0) is 4.79 Å². The van der Waals surface area contributed by atoms with Crippen molar-refractivity contribution in [3.8, 4) is 0 Å². The van der Waals surface area contributed by atoms with Gasteiger partial charge in [0.15, 0.2) is 10.5 Å². The highest BCUT2D eigenvalue weighted by Gasteiger charge is 2.32. The summed E-state index contributed by atoms with van der Waals surface area (Å²) in [5, 5.41) is 3.44. The van der Waals surface area contributed by atoms with Crippen molar-refractivity contribution in [2.75, 3.05) is 23.7 Å². The summed E-state index contributed by atoms with van der Waals surface area (Å²) in [7, 11) is 0. The number of nitrogen functional groups attached to an aromatic ring is 1. The first-order chi connectivity index (χ1) is 9.02. The van der Waals surface area contributed by atoms with Gasteiger partial charge in [-0.25, -0.2) is 0 Å². The van der Waals surface area contributed by atoms with Gasteiger partial charge in [0.2, 0.25) is 5.91 Å². The van der Waals surface area contributed by atoms with Crippen LogP contribution >= 0.6 is 12.2 Å². The lowest BCUT2D eigenvalue weighted by molar-refractivity contribution is -0.117. The lowest BCUT2D eigenvalue weighted by atomic mass is 10.1. The molecule has 1 amide bonds. The number of carbonyl (C=O) groups is 1. The molecule has 1 aromatic rings. The van der Waals surface area contributed by atoms with E-state index >= 15 is 0 Å². The molecule has 1 fully saturated rings. The number of amides is 1. The molecule has 2 rings (SSSR count). The number of hydrogen-bond acceptors (Lipinski definition) is 5. The predicted octanol–water partition coefficient (Wildman–Crippen LogP) is 0.678. The van der Waals surface area contributed by atoms with Crippen molar-refractivity contribution in [2.24, 2.45) is 11.0 Å². The van der Waals surface area contributed by atoms with Gasteiger partial charge in [-0.05, 0) is 23.7 Å². The number of H-pyrrole nitrogens is 2. The minimum absolute atomic E-state index is 0.0477. The second-order valence-corrected chi connectivity index (χ2v) is 4.57. The fourth-order valence-corrected chi connectivity index (χ4v) is 2.24. The van der Waals surface area contributed by atoms with Gasteiger partial charge in [0, 0.05) is 24.4 Å². The number of rotatable bonds is 3. The smallest absolute Gasteiger partial charge is 0.277 e. The molecule has 0 radical (unpaired) electrons. The van der Waals surface area contributed by atoms with Gasteiger partial charge in [-0.15, -0.1) is 0 Å². The number of hydrogen-bond donors (Lipinski definition) is 3. The number of anilines is 2. The summed E-state index contributed by atoms with van der Waals surface area (Å²) in [4.78, 5) is 32.6. The molecule has 19 heavy (non-hydrogen) atoms. The molecule has 1 unspecified atom stereocenters. The number of nitrogens with one attached hydrogen (secondary N) is 2. The van der Waals surface area contributed by atoms with E-state index in [0.717, 1.165) is 0 Å². The highest BCUT2D eigenvalue weighted by Crippen LogP contribution is 2.25. The van der Waals surface area contributed by atoms with Crippen LogP contribution in [-0.4, -0.2) is 29.0 Å². The number of nitrogens with zero attached hydrogens (tertiary/aromatic N) is 4. The number of aromatic nitrogens is 2. The normalized spacial score (nSPS) is 18.4. The Hall–Kier alpha value is -2.32. The molecule has 0 spiro atoms. The summed E-state index contributed by atoms with van der Waals surface area (Å²) in [6.45, 7) is 0.495. The predicted molar refractivity (Wildman–Crippen MR) is 71.1 cm³/mol. The molecule has 1 saturated heterocycles. The Morgan fingerprint density at radius 3 is 2.89 bits per heavy atom. The Kier molecular flexibility index (Phi) is 3.54. The van der Waals surface area contributed by atoms with Crippen molar-refractivity contribution in [1.82, 2.24) is 9.97 Å². The van der Waals surface area contributed by atoms with Crippen molar-refractivity contribution >= 4 is 29.6 Å². The van der Waals surface area contributed by atoms with E-state index < -0.39 is 5.56 Å². The molecule has 100 valence electrons. The molecule has 1 aliphatic rings. The molecule has 0 bridgehead atoms. The summed E-state index contributed by atoms with van der Waals surface area (Å²) < 4.78 is 0.100. The van der Waals surface area contributed by atoms with Gasteiger partial charge in [0.1, 0.15) is 5.82 Å². The van der Waals surface area contributed by atoms with E-state index in [1.807, 2.05) is 0 Å². The lowest BCUT2D eigenvalue weighted by Crippen LogP contribution is -2.32. The van der Waals surface area contributed by atoms with E-state index in [1.54, 1.807) is 0 Å². The van der Waals surface area contributed by atoms with Crippen LogP contribution in [0, 0.1) is 10.7 Å². The van der Waals surface area contributed by atoms with Gasteiger partial charge in [-0.3, -0.25) is 14.6 Å². The largest absolute Gasteiger partial charge is 0.383 e. The van der Waals surface area contributed by atoms with E-state index in [9.17, 15) is 9.59 Å². The fraction of sp³-hybridized carbons (Fsp3) is 0.444. The second-order valence-electron chi connectivity index (χ2n) is 4.16. The van der Waals surface area contributed by atoms with E-state index in [4.69, 9.17) is 23.5 Å². The summed E-state index contributed by atoms with van der Waals surface area (Å²) in [6, 6.07) is 0.